The van der Waals surface area contributed by atoms with Crippen LogP contribution < -0.4 is 10.1 Å². The van der Waals surface area contributed by atoms with Crippen molar-refractivity contribution in [3.05, 3.63) is 35.1 Å². The van der Waals surface area contributed by atoms with Crippen molar-refractivity contribution in [1.29, 1.82) is 0 Å². The number of hydrogen-bond acceptors (Lipinski definition) is 6. The van der Waals surface area contributed by atoms with Crippen LogP contribution in [0.15, 0.2) is 24.0 Å². The van der Waals surface area contributed by atoms with E-state index < -0.39 is 16.7 Å². The minimum atomic E-state index is -1.53. The number of aromatic hydroxyl groups is 1. The highest BCUT2D eigenvalue weighted by molar-refractivity contribution is 5.61. The van der Waals surface area contributed by atoms with Crippen molar-refractivity contribution in [1.82, 2.24) is 5.32 Å². The van der Waals surface area contributed by atoms with Gasteiger partial charge < -0.3 is 29.7 Å². The third-order valence-electron chi connectivity index (χ3n) is 6.59. The van der Waals surface area contributed by atoms with E-state index in [0.29, 0.717) is 24.4 Å². The van der Waals surface area contributed by atoms with E-state index in [4.69, 9.17) is 14.2 Å². The van der Waals surface area contributed by atoms with Crippen molar-refractivity contribution < 1.29 is 24.4 Å². The molecule has 24 heavy (non-hydrogen) atoms. The predicted octanol–water partition coefficient (Wildman–Crippen LogP) is 1.47. The Morgan fingerprint density at radius 2 is 2.12 bits per heavy atom. The van der Waals surface area contributed by atoms with Gasteiger partial charge in [-0.3, -0.25) is 0 Å². The number of methoxy groups -OCH3 is 2. The number of nitrogens with one attached hydrogen (secondary N) is 1. The Morgan fingerprint density at radius 1 is 1.29 bits per heavy atom. The van der Waals surface area contributed by atoms with E-state index in [2.05, 4.69) is 5.32 Å². The number of benzene rings is 1. The highest BCUT2D eigenvalue weighted by Crippen LogP contribution is 2.69. The van der Waals surface area contributed by atoms with Gasteiger partial charge in [-0.1, -0.05) is 6.07 Å². The number of allylic oxidation sites excluding steroid dienone is 1. The molecule has 0 amide bonds. The lowest BCUT2D eigenvalue weighted by molar-refractivity contribution is -0.225. The highest BCUT2D eigenvalue weighted by Gasteiger charge is 2.77. The van der Waals surface area contributed by atoms with E-state index >= 15 is 0 Å². The molecule has 2 aliphatic carbocycles. The molecule has 0 radical (unpaired) electrons. The van der Waals surface area contributed by atoms with Crippen LogP contribution in [0.5, 0.6) is 11.5 Å². The lowest BCUT2D eigenvalue weighted by Gasteiger charge is -2.53. The Labute approximate surface area is 140 Å². The zero-order chi connectivity index (χ0) is 16.7. The topological polar surface area (TPSA) is 80.2 Å². The van der Waals surface area contributed by atoms with Gasteiger partial charge in [0.1, 0.15) is 0 Å². The first-order chi connectivity index (χ1) is 11.5. The van der Waals surface area contributed by atoms with Gasteiger partial charge in [-0.25, -0.2) is 0 Å². The van der Waals surface area contributed by atoms with Crippen LogP contribution in [0.1, 0.15) is 36.5 Å². The zero-order valence-electron chi connectivity index (χ0n) is 13.8. The van der Waals surface area contributed by atoms with Crippen LogP contribution in [0.2, 0.25) is 0 Å². The minimum Gasteiger partial charge on any atom is -0.504 e. The summed E-state index contributed by atoms with van der Waals surface area (Å²) < 4.78 is 17.0. The molecular formula is C18H21NO5. The monoisotopic (exact) mass is 331 g/mol. The third-order valence-corrected chi connectivity index (χ3v) is 6.59. The number of hydrogen-bond donors (Lipinski definition) is 3. The molecule has 128 valence electrons. The number of fused-ring (bicyclic) bond motifs is 3. The summed E-state index contributed by atoms with van der Waals surface area (Å²) in [4.78, 5) is 0. The van der Waals surface area contributed by atoms with Gasteiger partial charge in [0, 0.05) is 17.4 Å². The van der Waals surface area contributed by atoms with Crippen LogP contribution in [0.3, 0.4) is 0 Å². The van der Waals surface area contributed by atoms with E-state index in [1.54, 1.807) is 20.3 Å². The predicted molar refractivity (Wildman–Crippen MR) is 84.8 cm³/mol. The molecule has 2 heterocycles. The molecule has 2 saturated heterocycles. The number of rotatable bonds is 2. The van der Waals surface area contributed by atoms with Crippen LogP contribution in [0, 0.1) is 0 Å². The molecule has 6 nitrogen and oxygen atoms in total. The second-order valence-electron chi connectivity index (χ2n) is 7.18. The Balaban J connectivity index is 1.86. The highest BCUT2D eigenvalue weighted by atomic mass is 16.7. The number of phenols is 1. The molecular weight excluding hydrogens is 310 g/mol. The number of ether oxygens (including phenoxy) is 3. The lowest BCUT2D eigenvalue weighted by Crippen LogP contribution is -2.69. The van der Waals surface area contributed by atoms with Gasteiger partial charge in [-0.05, 0) is 37.1 Å². The van der Waals surface area contributed by atoms with E-state index in [-0.39, 0.29) is 11.9 Å². The molecule has 1 spiro atoms. The molecule has 0 unspecified atom stereocenters. The smallest absolute Gasteiger partial charge is 0.245 e. The normalized spacial score (nSPS) is 41.5. The van der Waals surface area contributed by atoms with Gasteiger partial charge in [0.15, 0.2) is 17.3 Å². The van der Waals surface area contributed by atoms with Gasteiger partial charge in [-0.15, -0.1) is 0 Å². The van der Waals surface area contributed by atoms with Crippen molar-refractivity contribution in [2.45, 2.75) is 42.1 Å². The van der Waals surface area contributed by atoms with Crippen LogP contribution in [0.4, 0.5) is 0 Å². The van der Waals surface area contributed by atoms with Crippen LogP contribution in [-0.4, -0.2) is 42.3 Å². The molecule has 3 N–H and O–H groups in total. The van der Waals surface area contributed by atoms with Gasteiger partial charge in [0.05, 0.1) is 25.9 Å². The van der Waals surface area contributed by atoms with E-state index in [1.165, 1.54) is 0 Å². The Morgan fingerprint density at radius 3 is 2.88 bits per heavy atom. The quantitative estimate of drug-likeness (QED) is 0.761. The average molecular weight is 331 g/mol. The summed E-state index contributed by atoms with van der Waals surface area (Å²) in [7, 11) is 3.11. The van der Waals surface area contributed by atoms with Crippen LogP contribution >= 0.6 is 0 Å². The maximum atomic E-state index is 11.5. The summed E-state index contributed by atoms with van der Waals surface area (Å²) in [6.07, 6.45) is 3.75. The fourth-order valence-corrected chi connectivity index (χ4v) is 5.66. The summed E-state index contributed by atoms with van der Waals surface area (Å²) in [5, 5.41) is 25.9. The summed E-state index contributed by atoms with van der Waals surface area (Å²) in [5.41, 5.74) is 0.659. The van der Waals surface area contributed by atoms with Gasteiger partial charge in [-0.2, -0.15) is 0 Å². The zero-order valence-corrected chi connectivity index (χ0v) is 13.8. The molecule has 2 aliphatic heterocycles. The van der Waals surface area contributed by atoms with Gasteiger partial charge in [0.25, 0.3) is 0 Å². The number of phenolic OH excluding ortho intramolecular Hbond substituents is 1. The molecule has 6 heteroatoms. The standard InChI is InChI=1S/C18H21NO5/c1-22-11-4-3-10-12-9-17-16(7-8-19-17,14(10)15(11)20)6-5-13(23-2)18(17,21)24-12/h3-5,12,19-21H,6-9H2,1-2H3/t12-,16+,17-,18-/m0/s1. The maximum Gasteiger partial charge on any atom is 0.245 e. The fourth-order valence-electron chi connectivity index (χ4n) is 5.66. The minimum absolute atomic E-state index is 0.162. The molecule has 2 bridgehead atoms. The first-order valence-electron chi connectivity index (χ1n) is 8.33. The molecule has 0 aromatic heterocycles. The first kappa shape index (κ1) is 14.6. The number of aliphatic hydroxyl groups is 1. The SMILES string of the molecule is COC1=CC[C@]23CCN[C@@]24C[C@H](O[C@@]14O)c1ccc(OC)c(O)c13. The largest absolute Gasteiger partial charge is 0.504 e. The fraction of sp³-hybridized carbons (Fsp3) is 0.556. The van der Waals surface area contributed by atoms with Crippen molar-refractivity contribution in [3.8, 4) is 11.5 Å². The van der Waals surface area contributed by atoms with E-state index in [1.807, 2.05) is 12.1 Å². The summed E-state index contributed by atoms with van der Waals surface area (Å²) in [6.45, 7) is 0.749. The first-order valence-corrected chi connectivity index (χ1v) is 8.33. The van der Waals surface area contributed by atoms with Gasteiger partial charge >= 0.3 is 0 Å². The molecule has 5 rings (SSSR count). The van der Waals surface area contributed by atoms with Crippen molar-refractivity contribution in [3.63, 3.8) is 0 Å². The molecule has 1 aromatic carbocycles. The summed E-state index contributed by atoms with van der Waals surface area (Å²) in [6, 6.07) is 3.71. The van der Waals surface area contributed by atoms with Crippen molar-refractivity contribution >= 4 is 0 Å². The molecule has 4 atom stereocenters. The van der Waals surface area contributed by atoms with E-state index in [0.717, 1.165) is 24.1 Å². The Hall–Kier alpha value is -1.76. The molecule has 2 fully saturated rings. The Bertz CT molecular complexity index is 777. The van der Waals surface area contributed by atoms with E-state index in [9.17, 15) is 10.2 Å². The second kappa shape index (κ2) is 4.25. The van der Waals surface area contributed by atoms with Crippen molar-refractivity contribution in [2.75, 3.05) is 20.8 Å². The molecule has 4 aliphatic rings. The third kappa shape index (κ3) is 1.26. The summed E-state index contributed by atoms with van der Waals surface area (Å²) in [5.74, 6) is -0.458. The molecule has 0 saturated carbocycles. The lowest BCUT2D eigenvalue weighted by atomic mass is 9.53. The average Bonchev–Trinajstić information content (AvgIpc) is 3.10. The molecule has 1 aromatic rings. The Kier molecular flexibility index (Phi) is 2.58. The van der Waals surface area contributed by atoms with Gasteiger partial charge in [0.2, 0.25) is 5.79 Å². The summed E-state index contributed by atoms with van der Waals surface area (Å²) >= 11 is 0. The van der Waals surface area contributed by atoms with Crippen LogP contribution in [-0.2, 0) is 14.9 Å². The maximum absolute atomic E-state index is 11.5. The second-order valence-corrected chi connectivity index (χ2v) is 7.18. The van der Waals surface area contributed by atoms with Crippen molar-refractivity contribution in [2.24, 2.45) is 0 Å². The van der Waals surface area contributed by atoms with Crippen LogP contribution in [0.25, 0.3) is 0 Å².